The van der Waals surface area contributed by atoms with Crippen LogP contribution in [-0.2, 0) is 10.0 Å². The van der Waals surface area contributed by atoms with E-state index in [1.54, 1.807) is 6.92 Å². The first-order valence-electron chi connectivity index (χ1n) is 7.70. The van der Waals surface area contributed by atoms with Crippen LogP contribution in [0.3, 0.4) is 0 Å². The van der Waals surface area contributed by atoms with E-state index in [0.29, 0.717) is 5.00 Å². The minimum atomic E-state index is -3.77. The zero-order valence-corrected chi connectivity index (χ0v) is 15.4. The van der Waals surface area contributed by atoms with Crippen LogP contribution in [0.15, 0.2) is 53.4 Å². The van der Waals surface area contributed by atoms with E-state index in [4.69, 9.17) is 5.11 Å². The molecule has 0 amide bonds. The van der Waals surface area contributed by atoms with Crippen molar-refractivity contribution in [3.63, 3.8) is 0 Å². The summed E-state index contributed by atoms with van der Waals surface area (Å²) in [5.74, 6) is -1.09. The highest BCUT2D eigenvalue weighted by Crippen LogP contribution is 2.39. The number of anilines is 1. The van der Waals surface area contributed by atoms with E-state index >= 15 is 0 Å². The molecule has 1 N–H and O–H groups in total. The molecule has 0 saturated heterocycles. The highest BCUT2D eigenvalue weighted by molar-refractivity contribution is 7.93. The fourth-order valence-electron chi connectivity index (χ4n) is 2.72. The fourth-order valence-corrected chi connectivity index (χ4v) is 5.73. The van der Waals surface area contributed by atoms with Gasteiger partial charge in [0, 0.05) is 11.2 Å². The molecule has 3 rings (SSSR count). The largest absolute Gasteiger partial charge is 0.478 e. The number of carboxylic acid groups (broad SMARTS) is 1. The van der Waals surface area contributed by atoms with Crippen LogP contribution in [0.4, 0.5) is 5.00 Å². The number of hydrogen-bond donors (Lipinski definition) is 1. The van der Waals surface area contributed by atoms with Crippen LogP contribution in [0.1, 0.15) is 22.8 Å². The third-order valence-corrected chi connectivity index (χ3v) is 7.32. The van der Waals surface area contributed by atoms with Crippen molar-refractivity contribution < 1.29 is 18.3 Å². The van der Waals surface area contributed by atoms with Crippen LogP contribution in [0.5, 0.6) is 0 Å². The maximum absolute atomic E-state index is 13.1. The van der Waals surface area contributed by atoms with Gasteiger partial charge in [-0.05, 0) is 55.1 Å². The van der Waals surface area contributed by atoms with Crippen LogP contribution in [0, 0.1) is 6.92 Å². The molecule has 0 unspecified atom stereocenters. The van der Waals surface area contributed by atoms with Crippen molar-refractivity contribution in [2.45, 2.75) is 18.7 Å². The van der Waals surface area contributed by atoms with Crippen molar-refractivity contribution in [1.82, 2.24) is 0 Å². The Labute approximate surface area is 150 Å². The maximum atomic E-state index is 13.1. The number of nitrogens with zero attached hydrogens (tertiary/aromatic N) is 1. The number of fused-ring (bicyclic) bond motifs is 1. The minimum Gasteiger partial charge on any atom is -0.478 e. The van der Waals surface area contributed by atoms with Crippen LogP contribution in [0.2, 0.25) is 0 Å². The van der Waals surface area contributed by atoms with E-state index in [9.17, 15) is 13.2 Å². The molecule has 0 aliphatic heterocycles. The van der Waals surface area contributed by atoms with E-state index < -0.39 is 16.0 Å². The molecular weight excluding hydrogens is 358 g/mol. The molecule has 0 fully saturated rings. The molecule has 0 saturated carbocycles. The van der Waals surface area contributed by atoms with E-state index in [1.165, 1.54) is 39.9 Å². The van der Waals surface area contributed by atoms with Crippen molar-refractivity contribution in [3.8, 4) is 0 Å². The molecular formula is C18H17NO4S2. The minimum absolute atomic E-state index is 0.0556. The molecule has 0 radical (unpaired) electrons. The van der Waals surface area contributed by atoms with Gasteiger partial charge in [0.05, 0.1) is 10.5 Å². The van der Waals surface area contributed by atoms with Gasteiger partial charge < -0.3 is 5.11 Å². The summed E-state index contributed by atoms with van der Waals surface area (Å²) in [6.45, 7) is 3.99. The number of carboxylic acids is 1. The maximum Gasteiger partial charge on any atom is 0.335 e. The van der Waals surface area contributed by atoms with E-state index in [0.717, 1.165) is 15.6 Å². The van der Waals surface area contributed by atoms with Crippen molar-refractivity contribution in [2.75, 3.05) is 10.8 Å². The third-order valence-electron chi connectivity index (χ3n) is 4.02. The summed E-state index contributed by atoms with van der Waals surface area (Å²) in [5.41, 5.74) is 0.980. The molecule has 1 heterocycles. The summed E-state index contributed by atoms with van der Waals surface area (Å²) < 4.78 is 28.5. The molecule has 1 aromatic heterocycles. The first-order chi connectivity index (χ1) is 11.9. The average molecular weight is 375 g/mol. The second kappa shape index (κ2) is 6.50. The molecule has 0 bridgehead atoms. The van der Waals surface area contributed by atoms with Crippen molar-refractivity contribution in [2.24, 2.45) is 0 Å². The van der Waals surface area contributed by atoms with Gasteiger partial charge in [-0.15, -0.1) is 11.3 Å². The van der Waals surface area contributed by atoms with Crippen LogP contribution >= 0.6 is 11.3 Å². The van der Waals surface area contributed by atoms with Gasteiger partial charge in [0.2, 0.25) is 0 Å². The lowest BCUT2D eigenvalue weighted by Gasteiger charge is -2.22. The van der Waals surface area contributed by atoms with Gasteiger partial charge in [-0.1, -0.05) is 18.2 Å². The van der Waals surface area contributed by atoms with Gasteiger partial charge in [-0.2, -0.15) is 0 Å². The molecule has 0 spiro atoms. The van der Waals surface area contributed by atoms with Gasteiger partial charge in [0.15, 0.2) is 0 Å². The zero-order valence-electron chi connectivity index (χ0n) is 13.8. The molecule has 25 heavy (non-hydrogen) atoms. The van der Waals surface area contributed by atoms with Crippen LogP contribution < -0.4 is 4.31 Å². The van der Waals surface area contributed by atoms with E-state index in [2.05, 4.69) is 0 Å². The summed E-state index contributed by atoms with van der Waals surface area (Å²) in [4.78, 5) is 11.0. The number of benzene rings is 2. The SMILES string of the molecule is CCN(c1sc2ccccc2c1C)S(=O)(=O)c1ccc(C(=O)O)cc1. The molecule has 0 aliphatic rings. The zero-order chi connectivity index (χ0) is 18.2. The first-order valence-corrected chi connectivity index (χ1v) is 9.96. The summed E-state index contributed by atoms with van der Waals surface area (Å²) >= 11 is 1.44. The third kappa shape index (κ3) is 3.01. The Morgan fingerprint density at radius 2 is 1.76 bits per heavy atom. The lowest BCUT2D eigenvalue weighted by atomic mass is 10.2. The van der Waals surface area contributed by atoms with Gasteiger partial charge in [0.1, 0.15) is 5.00 Å². The molecule has 7 heteroatoms. The number of rotatable bonds is 5. The second-order valence-electron chi connectivity index (χ2n) is 5.53. The Balaban J connectivity index is 2.09. The normalized spacial score (nSPS) is 11.6. The highest BCUT2D eigenvalue weighted by atomic mass is 32.2. The molecule has 5 nitrogen and oxygen atoms in total. The predicted molar refractivity (Wildman–Crippen MR) is 100 cm³/mol. The van der Waals surface area contributed by atoms with Crippen molar-refractivity contribution in [1.29, 1.82) is 0 Å². The average Bonchev–Trinajstić information content (AvgIpc) is 2.92. The summed E-state index contributed by atoms with van der Waals surface area (Å²) in [7, 11) is -3.77. The smallest absolute Gasteiger partial charge is 0.335 e. The van der Waals surface area contributed by atoms with Crippen molar-refractivity contribution >= 4 is 42.4 Å². The van der Waals surface area contributed by atoms with Gasteiger partial charge in [-0.25, -0.2) is 13.2 Å². The standard InChI is InChI=1S/C18H17NO4S2/c1-3-19(17-12(2)15-6-4-5-7-16(15)24-17)25(22,23)14-10-8-13(9-11-14)18(20)21/h4-11H,3H2,1-2H3,(H,20,21). The number of hydrogen-bond acceptors (Lipinski definition) is 4. The molecule has 130 valence electrons. The van der Waals surface area contributed by atoms with Gasteiger partial charge in [0.25, 0.3) is 10.0 Å². The van der Waals surface area contributed by atoms with Crippen LogP contribution in [0.25, 0.3) is 10.1 Å². The Morgan fingerprint density at radius 3 is 2.32 bits per heavy atom. The number of sulfonamides is 1. The number of aromatic carboxylic acids is 1. The number of thiophene rings is 1. The Kier molecular flexibility index (Phi) is 4.53. The molecule has 3 aromatic rings. The molecule has 2 aromatic carbocycles. The highest BCUT2D eigenvalue weighted by Gasteiger charge is 2.27. The monoisotopic (exact) mass is 375 g/mol. The van der Waals surface area contributed by atoms with E-state index in [1.807, 2.05) is 31.2 Å². The quantitative estimate of drug-likeness (QED) is 0.728. The first kappa shape index (κ1) is 17.4. The molecule has 0 atom stereocenters. The van der Waals surface area contributed by atoms with Gasteiger partial charge in [-0.3, -0.25) is 4.31 Å². The number of carbonyl (C=O) groups is 1. The lowest BCUT2D eigenvalue weighted by molar-refractivity contribution is 0.0696. The summed E-state index contributed by atoms with van der Waals surface area (Å²) in [6.07, 6.45) is 0. The van der Waals surface area contributed by atoms with Crippen molar-refractivity contribution in [3.05, 3.63) is 59.7 Å². The Bertz CT molecular complexity index is 1040. The topological polar surface area (TPSA) is 74.7 Å². The number of aryl methyl sites for hydroxylation is 1. The predicted octanol–water partition coefficient (Wildman–Crippen LogP) is 4.12. The van der Waals surface area contributed by atoms with Gasteiger partial charge >= 0.3 is 5.97 Å². The Morgan fingerprint density at radius 1 is 1.12 bits per heavy atom. The summed E-state index contributed by atoms with van der Waals surface area (Å²) in [5, 5.41) is 10.7. The fraction of sp³-hybridized carbons (Fsp3) is 0.167. The molecule has 0 aliphatic carbocycles. The van der Waals surface area contributed by atoms with Crippen LogP contribution in [-0.4, -0.2) is 26.0 Å². The summed E-state index contributed by atoms with van der Waals surface area (Å²) in [6, 6.07) is 13.1. The lowest BCUT2D eigenvalue weighted by Crippen LogP contribution is -2.30. The second-order valence-corrected chi connectivity index (χ2v) is 8.42. The Hall–Kier alpha value is -2.38. The van der Waals surface area contributed by atoms with E-state index in [-0.39, 0.29) is 17.0 Å².